The molecule has 0 radical (unpaired) electrons. The highest BCUT2D eigenvalue weighted by molar-refractivity contribution is 5.17. The molecular weight excluding hydrogens is 200 g/mol. The van der Waals surface area contributed by atoms with Crippen LogP contribution < -0.4 is 5.32 Å². The van der Waals surface area contributed by atoms with E-state index in [4.69, 9.17) is 4.74 Å². The van der Waals surface area contributed by atoms with Gasteiger partial charge in [-0.15, -0.1) is 0 Å². The van der Waals surface area contributed by atoms with Gasteiger partial charge in [-0.05, 0) is 26.5 Å². The van der Waals surface area contributed by atoms with Gasteiger partial charge in [0.2, 0.25) is 0 Å². The second-order valence-corrected chi connectivity index (χ2v) is 4.22. The van der Waals surface area contributed by atoms with E-state index in [1.54, 1.807) is 6.20 Å². The second kappa shape index (κ2) is 6.71. The van der Waals surface area contributed by atoms with Crippen molar-refractivity contribution in [2.45, 2.75) is 33.2 Å². The van der Waals surface area contributed by atoms with Crippen LogP contribution >= 0.6 is 0 Å². The van der Waals surface area contributed by atoms with Crippen molar-refractivity contribution in [1.82, 2.24) is 10.2 Å². The predicted octanol–water partition coefficient (Wildman–Crippen LogP) is 2.12. The topological polar surface area (TPSA) is 24.5 Å². The van der Waals surface area contributed by atoms with Crippen molar-refractivity contribution < 1.29 is 4.74 Å². The summed E-state index contributed by atoms with van der Waals surface area (Å²) >= 11 is 0. The molecular formula is C13H24N2O. The highest BCUT2D eigenvalue weighted by Gasteiger charge is 2.20. The van der Waals surface area contributed by atoms with Gasteiger partial charge in [0.25, 0.3) is 0 Å². The molecule has 1 atom stereocenters. The Kier molecular flexibility index (Phi) is 5.56. The molecule has 1 aliphatic heterocycles. The van der Waals surface area contributed by atoms with Gasteiger partial charge in [0.1, 0.15) is 0 Å². The van der Waals surface area contributed by atoms with Gasteiger partial charge in [0.05, 0.1) is 13.2 Å². The zero-order valence-electron chi connectivity index (χ0n) is 10.8. The zero-order valence-corrected chi connectivity index (χ0v) is 10.8. The lowest BCUT2D eigenvalue weighted by Crippen LogP contribution is -2.45. The summed E-state index contributed by atoms with van der Waals surface area (Å²) in [4.78, 5) is 2.45. The van der Waals surface area contributed by atoms with Crippen molar-refractivity contribution in [2.24, 2.45) is 0 Å². The summed E-state index contributed by atoms with van der Waals surface area (Å²) in [5, 5.41) is 3.29. The smallest absolute Gasteiger partial charge is 0.0594 e. The number of morpholine rings is 1. The molecule has 0 spiro atoms. The summed E-state index contributed by atoms with van der Waals surface area (Å²) in [7, 11) is 0. The Morgan fingerprint density at radius 2 is 2.12 bits per heavy atom. The standard InChI is InChI=1S/C13H24N2O/c1-5-11(3)13(14-6-2)12(4)15-7-9-16-10-8-15/h6,12,14H,2,5,7-10H2,1,3-4H3/b13-11-. The van der Waals surface area contributed by atoms with E-state index < -0.39 is 0 Å². The third-order valence-electron chi connectivity index (χ3n) is 3.26. The van der Waals surface area contributed by atoms with Gasteiger partial charge in [-0.1, -0.05) is 19.1 Å². The van der Waals surface area contributed by atoms with Crippen LogP contribution in [0.15, 0.2) is 24.0 Å². The molecule has 0 aromatic heterocycles. The first kappa shape index (κ1) is 13.3. The van der Waals surface area contributed by atoms with E-state index in [-0.39, 0.29) is 0 Å². The van der Waals surface area contributed by atoms with Gasteiger partial charge in [-0.3, -0.25) is 4.90 Å². The average molecular weight is 224 g/mol. The quantitative estimate of drug-likeness (QED) is 0.774. The van der Waals surface area contributed by atoms with Crippen molar-refractivity contribution in [3.8, 4) is 0 Å². The van der Waals surface area contributed by atoms with Crippen LogP contribution in [0.4, 0.5) is 0 Å². The minimum Gasteiger partial charge on any atom is -0.379 e. The molecule has 92 valence electrons. The van der Waals surface area contributed by atoms with E-state index in [1.807, 2.05) is 0 Å². The minimum atomic E-state index is 0.418. The Bertz CT molecular complexity index is 255. The molecule has 1 aliphatic rings. The molecule has 1 rings (SSSR count). The first-order chi connectivity index (χ1) is 7.70. The van der Waals surface area contributed by atoms with E-state index in [0.29, 0.717) is 6.04 Å². The van der Waals surface area contributed by atoms with E-state index >= 15 is 0 Å². The lowest BCUT2D eigenvalue weighted by Gasteiger charge is -2.34. The molecule has 0 aromatic carbocycles. The van der Waals surface area contributed by atoms with Gasteiger partial charge in [0, 0.05) is 24.8 Å². The van der Waals surface area contributed by atoms with E-state index in [0.717, 1.165) is 32.7 Å². The first-order valence-electron chi connectivity index (χ1n) is 6.09. The highest BCUT2D eigenvalue weighted by Crippen LogP contribution is 2.16. The lowest BCUT2D eigenvalue weighted by atomic mass is 10.1. The molecule has 3 heteroatoms. The van der Waals surface area contributed by atoms with Crippen LogP contribution in [0.1, 0.15) is 27.2 Å². The average Bonchev–Trinajstić information content (AvgIpc) is 2.35. The maximum absolute atomic E-state index is 5.38. The van der Waals surface area contributed by atoms with E-state index in [1.165, 1.54) is 11.3 Å². The molecule has 0 aliphatic carbocycles. The molecule has 0 bridgehead atoms. The van der Waals surface area contributed by atoms with Gasteiger partial charge in [-0.2, -0.15) is 0 Å². The summed E-state index contributed by atoms with van der Waals surface area (Å²) in [5.41, 5.74) is 2.69. The summed E-state index contributed by atoms with van der Waals surface area (Å²) < 4.78 is 5.38. The summed E-state index contributed by atoms with van der Waals surface area (Å²) in [5.74, 6) is 0. The van der Waals surface area contributed by atoms with E-state index in [9.17, 15) is 0 Å². The van der Waals surface area contributed by atoms with Crippen LogP contribution in [-0.4, -0.2) is 37.2 Å². The van der Waals surface area contributed by atoms with Crippen LogP contribution in [-0.2, 0) is 4.74 Å². The molecule has 1 fully saturated rings. The van der Waals surface area contributed by atoms with Crippen LogP contribution in [0.3, 0.4) is 0 Å². The van der Waals surface area contributed by atoms with Crippen molar-refractivity contribution in [3.63, 3.8) is 0 Å². The maximum atomic E-state index is 5.38. The van der Waals surface area contributed by atoms with Crippen LogP contribution in [0.25, 0.3) is 0 Å². The minimum absolute atomic E-state index is 0.418. The number of ether oxygens (including phenoxy) is 1. The van der Waals surface area contributed by atoms with Crippen LogP contribution in [0.5, 0.6) is 0 Å². The second-order valence-electron chi connectivity index (χ2n) is 4.22. The van der Waals surface area contributed by atoms with Gasteiger partial charge >= 0.3 is 0 Å². The van der Waals surface area contributed by atoms with Gasteiger partial charge in [-0.25, -0.2) is 0 Å². The molecule has 0 amide bonds. The SMILES string of the molecule is C=CN/C(=C(/C)CC)C(C)N1CCOCC1. The molecule has 3 nitrogen and oxygen atoms in total. The van der Waals surface area contributed by atoms with Crippen LogP contribution in [0, 0.1) is 0 Å². The number of allylic oxidation sites excluding steroid dienone is 1. The summed E-state index contributed by atoms with van der Waals surface area (Å²) in [6.07, 6.45) is 2.84. The van der Waals surface area contributed by atoms with Crippen molar-refractivity contribution >= 4 is 0 Å². The molecule has 1 heterocycles. The monoisotopic (exact) mass is 224 g/mol. The number of rotatable bonds is 5. The Balaban J connectivity index is 2.72. The molecule has 0 aromatic rings. The third kappa shape index (κ3) is 3.35. The zero-order chi connectivity index (χ0) is 12.0. The molecule has 0 saturated carbocycles. The normalized spacial score (nSPS) is 21.2. The fraction of sp³-hybridized carbons (Fsp3) is 0.692. The molecule has 1 saturated heterocycles. The first-order valence-corrected chi connectivity index (χ1v) is 6.09. The van der Waals surface area contributed by atoms with Crippen LogP contribution in [0.2, 0.25) is 0 Å². The summed E-state index contributed by atoms with van der Waals surface area (Å²) in [6.45, 7) is 14.1. The van der Waals surface area contributed by atoms with Crippen molar-refractivity contribution in [1.29, 1.82) is 0 Å². The highest BCUT2D eigenvalue weighted by atomic mass is 16.5. The Hall–Kier alpha value is -0.800. The Labute approximate surface area is 99.2 Å². The fourth-order valence-electron chi connectivity index (χ4n) is 2.05. The largest absolute Gasteiger partial charge is 0.379 e. The molecule has 16 heavy (non-hydrogen) atoms. The summed E-state index contributed by atoms with van der Waals surface area (Å²) in [6, 6.07) is 0.418. The van der Waals surface area contributed by atoms with Gasteiger partial charge < -0.3 is 10.1 Å². The Morgan fingerprint density at radius 3 is 2.62 bits per heavy atom. The van der Waals surface area contributed by atoms with Crippen molar-refractivity contribution in [2.75, 3.05) is 26.3 Å². The maximum Gasteiger partial charge on any atom is 0.0594 e. The molecule has 1 N–H and O–H groups in total. The number of nitrogens with zero attached hydrogens (tertiary/aromatic N) is 1. The number of hydrogen-bond acceptors (Lipinski definition) is 3. The van der Waals surface area contributed by atoms with E-state index in [2.05, 4.69) is 37.6 Å². The fourth-order valence-corrected chi connectivity index (χ4v) is 2.05. The molecule has 1 unspecified atom stereocenters. The van der Waals surface area contributed by atoms with Gasteiger partial charge in [0.15, 0.2) is 0 Å². The van der Waals surface area contributed by atoms with Crippen molar-refractivity contribution in [3.05, 3.63) is 24.0 Å². The number of hydrogen-bond donors (Lipinski definition) is 1. The third-order valence-corrected chi connectivity index (χ3v) is 3.26. The predicted molar refractivity (Wildman–Crippen MR) is 68.2 cm³/mol. The Morgan fingerprint density at radius 1 is 1.50 bits per heavy atom. The lowest BCUT2D eigenvalue weighted by molar-refractivity contribution is 0.0258. The number of nitrogens with one attached hydrogen (secondary N) is 1.